The van der Waals surface area contributed by atoms with Gasteiger partial charge in [0.25, 0.3) is 11.1 Å². The summed E-state index contributed by atoms with van der Waals surface area (Å²) in [5.74, 6) is 0. The number of rotatable bonds is 4. The fourth-order valence-corrected chi connectivity index (χ4v) is 4.46. The Kier molecular flexibility index (Phi) is 5.42. The van der Waals surface area contributed by atoms with E-state index in [9.17, 15) is 9.59 Å². The van der Waals surface area contributed by atoms with Crippen LogP contribution in [-0.2, 0) is 14.1 Å². The number of thiophene rings is 1. The zero-order valence-electron chi connectivity index (χ0n) is 17.0. The Morgan fingerprint density at radius 2 is 1.70 bits per heavy atom. The second kappa shape index (κ2) is 8.16. The third-order valence-corrected chi connectivity index (χ3v) is 6.23. The maximum absolute atomic E-state index is 12.6. The molecular formula is C24H23N3O2S. The Morgan fingerprint density at radius 3 is 2.33 bits per heavy atom. The summed E-state index contributed by atoms with van der Waals surface area (Å²) in [6.45, 7) is 3.80. The van der Waals surface area contributed by atoms with E-state index in [2.05, 4.69) is 41.8 Å². The lowest BCUT2D eigenvalue weighted by Gasteiger charge is -2.25. The zero-order chi connectivity index (χ0) is 21.3. The van der Waals surface area contributed by atoms with E-state index in [1.54, 1.807) is 31.5 Å². The van der Waals surface area contributed by atoms with Crippen LogP contribution in [0.5, 0.6) is 0 Å². The summed E-state index contributed by atoms with van der Waals surface area (Å²) in [7, 11) is 3.25. The molecule has 0 saturated heterocycles. The van der Waals surface area contributed by atoms with E-state index in [4.69, 9.17) is 0 Å². The predicted octanol–water partition coefficient (Wildman–Crippen LogP) is 2.76. The molecule has 30 heavy (non-hydrogen) atoms. The van der Waals surface area contributed by atoms with Crippen LogP contribution in [0.4, 0.5) is 10.7 Å². The molecule has 0 aliphatic heterocycles. The number of allylic oxidation sites excluding steroid dienone is 3. The van der Waals surface area contributed by atoms with Crippen LogP contribution in [0.3, 0.4) is 0 Å². The number of anilines is 2. The topological polar surface area (TPSA) is 47.2 Å². The van der Waals surface area contributed by atoms with Gasteiger partial charge in [-0.05, 0) is 49.3 Å². The molecule has 0 atom stereocenters. The molecule has 0 bridgehead atoms. The number of nitrogens with zero attached hydrogens (tertiary/aromatic N) is 3. The van der Waals surface area contributed by atoms with Crippen molar-refractivity contribution in [3.8, 4) is 0 Å². The van der Waals surface area contributed by atoms with Crippen molar-refractivity contribution in [2.45, 2.75) is 12.8 Å². The molecule has 0 fully saturated rings. The van der Waals surface area contributed by atoms with Crippen LogP contribution >= 0.6 is 11.3 Å². The molecule has 0 N–H and O–H groups in total. The van der Waals surface area contributed by atoms with Crippen LogP contribution in [-0.4, -0.2) is 9.13 Å². The number of hydrogen-bond acceptors (Lipinski definition) is 4. The van der Waals surface area contributed by atoms with Crippen LogP contribution in [0.1, 0.15) is 17.7 Å². The van der Waals surface area contributed by atoms with Crippen molar-refractivity contribution in [1.29, 1.82) is 0 Å². The maximum atomic E-state index is 12.6. The van der Waals surface area contributed by atoms with Gasteiger partial charge in [0.15, 0.2) is 0 Å². The largest absolute Gasteiger partial charge is 0.302 e. The van der Waals surface area contributed by atoms with Crippen molar-refractivity contribution in [2.75, 3.05) is 4.90 Å². The first kappa shape index (κ1) is 19.9. The van der Waals surface area contributed by atoms with Crippen molar-refractivity contribution < 1.29 is 0 Å². The third kappa shape index (κ3) is 3.62. The van der Waals surface area contributed by atoms with E-state index >= 15 is 0 Å². The summed E-state index contributed by atoms with van der Waals surface area (Å²) in [6.07, 6.45) is 10.3. The smallest absolute Gasteiger partial charge is 0.264 e. The first-order chi connectivity index (χ1) is 14.5. The molecule has 5 nitrogen and oxygen atoms in total. The molecule has 3 aromatic rings. The second-order valence-electron chi connectivity index (χ2n) is 7.16. The molecule has 0 amide bonds. The van der Waals surface area contributed by atoms with Gasteiger partial charge in [0, 0.05) is 30.4 Å². The molecule has 0 saturated carbocycles. The summed E-state index contributed by atoms with van der Waals surface area (Å²) in [5, 5.41) is 1.16. The SMILES string of the molecule is C=c1n(C)c(=O)c(=Cc2ccc(N(C3=CCCC=C3)c3ccccc3)s2)c(=O)n1C. The van der Waals surface area contributed by atoms with Crippen molar-refractivity contribution >= 4 is 34.7 Å². The lowest BCUT2D eigenvalue weighted by atomic mass is 10.1. The standard InChI is InChI=1S/C24H23N3O2S/c1-17-25(2)23(28)21(24(29)26(17)3)16-20-14-15-22(30-20)27(18-10-6-4-7-11-18)19-12-8-5-9-13-19/h4,6-8,10-16H,1,5,9H2,2-3H3. The van der Waals surface area contributed by atoms with Gasteiger partial charge < -0.3 is 4.90 Å². The Morgan fingerprint density at radius 1 is 1.00 bits per heavy atom. The third-order valence-electron chi connectivity index (χ3n) is 5.21. The van der Waals surface area contributed by atoms with Gasteiger partial charge in [-0.2, -0.15) is 0 Å². The van der Waals surface area contributed by atoms with Crippen LogP contribution in [0.25, 0.3) is 12.7 Å². The van der Waals surface area contributed by atoms with Crippen molar-refractivity contribution in [3.63, 3.8) is 0 Å². The highest BCUT2D eigenvalue weighted by atomic mass is 32.1. The fourth-order valence-electron chi connectivity index (χ4n) is 3.46. The summed E-state index contributed by atoms with van der Waals surface area (Å²) in [5.41, 5.74) is 1.89. The number of aromatic nitrogens is 2. The van der Waals surface area contributed by atoms with Crippen LogP contribution in [0, 0.1) is 0 Å². The second-order valence-corrected chi connectivity index (χ2v) is 8.25. The van der Waals surface area contributed by atoms with Gasteiger partial charge in [-0.25, -0.2) is 0 Å². The summed E-state index contributed by atoms with van der Waals surface area (Å²) < 4.78 is 2.80. The highest BCUT2D eigenvalue weighted by Crippen LogP contribution is 2.36. The predicted molar refractivity (Wildman–Crippen MR) is 125 cm³/mol. The van der Waals surface area contributed by atoms with E-state index in [1.807, 2.05) is 30.3 Å². The minimum absolute atomic E-state index is 0.142. The fraction of sp³-hybridized carbons (Fsp3) is 0.167. The Labute approximate surface area is 178 Å². The molecule has 2 aromatic heterocycles. The molecule has 1 aliphatic rings. The molecule has 6 heteroatoms. The molecular weight excluding hydrogens is 394 g/mol. The zero-order valence-corrected chi connectivity index (χ0v) is 17.9. The van der Waals surface area contributed by atoms with Gasteiger partial charge in [0.1, 0.15) is 15.7 Å². The number of hydrogen-bond donors (Lipinski definition) is 0. The highest BCUT2D eigenvalue weighted by Gasteiger charge is 2.16. The van der Waals surface area contributed by atoms with Gasteiger partial charge in [-0.1, -0.05) is 36.9 Å². The lowest BCUT2D eigenvalue weighted by Crippen LogP contribution is -2.56. The molecule has 1 aromatic carbocycles. The Bertz CT molecular complexity index is 1330. The number of benzene rings is 1. The molecule has 0 unspecified atom stereocenters. The molecule has 1 aliphatic carbocycles. The van der Waals surface area contributed by atoms with E-state index in [0.29, 0.717) is 5.48 Å². The molecule has 4 rings (SSSR count). The average Bonchev–Trinajstić information content (AvgIpc) is 3.24. The Hall–Kier alpha value is -3.38. The summed E-state index contributed by atoms with van der Waals surface area (Å²) in [6, 6.07) is 14.2. The van der Waals surface area contributed by atoms with Crippen LogP contribution in [0.2, 0.25) is 0 Å². The van der Waals surface area contributed by atoms with Crippen LogP contribution < -0.4 is 26.7 Å². The van der Waals surface area contributed by atoms with Crippen LogP contribution in [0.15, 0.2) is 76.0 Å². The molecule has 0 radical (unpaired) electrons. The van der Waals surface area contributed by atoms with Gasteiger partial charge >= 0.3 is 0 Å². The van der Waals surface area contributed by atoms with E-state index in [0.717, 1.165) is 34.1 Å². The van der Waals surface area contributed by atoms with Gasteiger partial charge in [0.2, 0.25) is 0 Å². The number of para-hydroxylation sites is 1. The van der Waals surface area contributed by atoms with E-state index < -0.39 is 0 Å². The average molecular weight is 418 g/mol. The first-order valence-electron chi connectivity index (χ1n) is 9.76. The van der Waals surface area contributed by atoms with Crippen molar-refractivity contribution in [2.24, 2.45) is 14.1 Å². The van der Waals surface area contributed by atoms with Gasteiger partial charge in [-0.3, -0.25) is 18.7 Å². The van der Waals surface area contributed by atoms with E-state index in [1.165, 1.54) is 9.13 Å². The maximum Gasteiger partial charge on any atom is 0.264 e. The first-order valence-corrected chi connectivity index (χ1v) is 10.6. The summed E-state index contributed by atoms with van der Waals surface area (Å²) in [4.78, 5) is 28.3. The van der Waals surface area contributed by atoms with Gasteiger partial charge in [-0.15, -0.1) is 11.3 Å². The lowest BCUT2D eigenvalue weighted by molar-refractivity contribution is 0.666. The summed E-state index contributed by atoms with van der Waals surface area (Å²) >= 11 is 1.54. The van der Waals surface area contributed by atoms with Crippen molar-refractivity contribution in [1.82, 2.24) is 9.13 Å². The van der Waals surface area contributed by atoms with Crippen molar-refractivity contribution in [3.05, 3.63) is 103 Å². The molecule has 152 valence electrons. The monoisotopic (exact) mass is 417 g/mol. The van der Waals surface area contributed by atoms with E-state index in [-0.39, 0.29) is 16.3 Å². The molecule has 0 spiro atoms. The van der Waals surface area contributed by atoms with Gasteiger partial charge in [0.05, 0.1) is 0 Å². The highest BCUT2D eigenvalue weighted by molar-refractivity contribution is 7.17. The normalized spacial score (nSPS) is 13.2. The minimum atomic E-state index is -0.337. The minimum Gasteiger partial charge on any atom is -0.302 e. The quantitative estimate of drug-likeness (QED) is 0.656. The Balaban J connectivity index is 1.84. The molecule has 2 heterocycles.